The number of carbonyl (C=O) groups excluding carboxylic acids is 9. The van der Waals surface area contributed by atoms with Gasteiger partial charge >= 0.3 is 47.8 Å². The quantitative estimate of drug-likeness (QED) is 0.0692. The highest BCUT2D eigenvalue weighted by molar-refractivity contribution is 7.22. The minimum absolute atomic E-state index is 0.0745. The van der Waals surface area contributed by atoms with Crippen molar-refractivity contribution in [1.29, 1.82) is 0 Å². The number of fused-ring (bicyclic) bond motifs is 1. The molecule has 3 aliphatic heterocycles. The van der Waals surface area contributed by atoms with Crippen LogP contribution >= 0.6 is 11.3 Å². The molecule has 3 aliphatic rings. The van der Waals surface area contributed by atoms with Gasteiger partial charge in [0.2, 0.25) is 24.8 Å². The maximum atomic E-state index is 14.9. The van der Waals surface area contributed by atoms with Crippen molar-refractivity contribution < 1.29 is 105 Å². The van der Waals surface area contributed by atoms with Crippen LogP contribution in [0, 0.1) is 0 Å². The second-order valence-electron chi connectivity index (χ2n) is 18.2. The van der Waals surface area contributed by atoms with Gasteiger partial charge in [0.05, 0.1) is 14.2 Å². The first-order chi connectivity index (χ1) is 37.2. The van der Waals surface area contributed by atoms with Crippen LogP contribution in [0.3, 0.4) is 0 Å². The Morgan fingerprint density at radius 3 is 1.44 bits per heavy atom. The number of hydrogen-bond donors (Lipinski definition) is 0. The zero-order valence-corrected chi connectivity index (χ0v) is 44.7. The van der Waals surface area contributed by atoms with Gasteiger partial charge in [-0.05, 0) is 98.2 Å². The lowest BCUT2D eigenvalue weighted by Crippen LogP contribution is -2.64. The van der Waals surface area contributed by atoms with Gasteiger partial charge in [-0.1, -0.05) is 6.42 Å². The number of nitrogens with zero attached hydrogens (tertiary/aromatic N) is 1. The van der Waals surface area contributed by atoms with Gasteiger partial charge in [0.15, 0.2) is 42.4 Å². The molecule has 3 fully saturated rings. The zero-order valence-electron chi connectivity index (χ0n) is 43.9. The molecule has 78 heavy (non-hydrogen) atoms. The molecule has 4 heterocycles. The van der Waals surface area contributed by atoms with Crippen LogP contribution < -0.4 is 14.2 Å². The van der Waals surface area contributed by atoms with Gasteiger partial charge in [0.1, 0.15) is 23.9 Å². The predicted octanol–water partition coefficient (Wildman–Crippen LogP) is 4.81. The number of thiophene rings is 1. The molecule has 0 aliphatic carbocycles. The third-order valence-corrected chi connectivity index (χ3v) is 13.6. The van der Waals surface area contributed by atoms with Crippen molar-refractivity contribution in [3.63, 3.8) is 0 Å². The lowest BCUT2D eigenvalue weighted by atomic mass is 9.97. The van der Waals surface area contributed by atoms with E-state index in [2.05, 4.69) is 4.90 Å². The molecule has 0 spiro atoms. The van der Waals surface area contributed by atoms with Crippen molar-refractivity contribution in [3.8, 4) is 27.7 Å². The molecule has 4 aromatic rings. The van der Waals surface area contributed by atoms with Gasteiger partial charge < -0.3 is 61.6 Å². The maximum Gasteiger partial charge on any atom is 0.339 e. The first-order valence-corrected chi connectivity index (χ1v) is 25.6. The van der Waals surface area contributed by atoms with E-state index in [1.807, 2.05) is 0 Å². The molecule has 0 amide bonds. The van der Waals surface area contributed by atoms with E-state index in [1.165, 1.54) is 36.0 Å². The predicted molar refractivity (Wildman–Crippen MR) is 269 cm³/mol. The standard InChI is InChI=1S/C54H59NO22S/c1-27(56)68-42-44(70-29(3)58)48(72-31(5)60)53(76-46(42)51(63)65-7)74-36-18-14-34(15-19-36)50-40(41(62)33-12-16-35(17-13-33)67-25-24-55-22-10-9-11-23-55)38-21-20-37(26-39(38)78-50)75-54-49(73-32(6)61)45(71-30(4)59)43(69-28(2)57)47(77-54)52(64)66-8/h12-21,26,42-49,53-54H,9-11,22-25H2,1-8H3. The Morgan fingerprint density at radius 2 is 0.962 bits per heavy atom. The minimum Gasteiger partial charge on any atom is -0.492 e. The fraction of sp³-hybridized carbons (Fsp3) is 0.463. The van der Waals surface area contributed by atoms with Crippen molar-refractivity contribution in [1.82, 2.24) is 4.90 Å². The monoisotopic (exact) mass is 1110 g/mol. The molecule has 0 bridgehead atoms. The number of methoxy groups -OCH3 is 2. The molecule has 0 radical (unpaired) electrons. The SMILES string of the molecule is COC(=O)C1OC(Oc2ccc(-c3sc4cc(OC5OC(C(=O)OC)C(OC(C)=O)C(OC(C)=O)C5OC(C)=O)ccc4c3C(=O)c3ccc(OCCN4CCCCC4)cc3)cc2)C(OC(C)=O)C(OC(C)=O)C1OC(C)=O. The first kappa shape index (κ1) is 58.0. The van der Waals surface area contributed by atoms with Crippen molar-refractivity contribution in [2.24, 2.45) is 0 Å². The summed E-state index contributed by atoms with van der Waals surface area (Å²) in [6, 6.07) is 17.7. The minimum atomic E-state index is -1.72. The third kappa shape index (κ3) is 14.3. The Morgan fingerprint density at radius 1 is 0.526 bits per heavy atom. The summed E-state index contributed by atoms with van der Waals surface area (Å²) in [6.45, 7) is 9.67. The number of ether oxygens (including phenoxy) is 13. The average Bonchev–Trinajstić information content (AvgIpc) is 3.96. The van der Waals surface area contributed by atoms with Crippen LogP contribution in [-0.4, -0.2) is 160 Å². The Kier molecular flexibility index (Phi) is 19.4. The molecular formula is C54H59NO22S. The fourth-order valence-electron chi connectivity index (χ4n) is 9.20. The number of esters is 8. The van der Waals surface area contributed by atoms with E-state index in [0.29, 0.717) is 38.4 Å². The summed E-state index contributed by atoms with van der Waals surface area (Å²) in [5.74, 6) is -6.88. The lowest BCUT2D eigenvalue weighted by Gasteiger charge is -2.43. The van der Waals surface area contributed by atoms with Gasteiger partial charge in [0, 0.05) is 74.2 Å². The van der Waals surface area contributed by atoms with Gasteiger partial charge in [-0.3, -0.25) is 38.5 Å². The van der Waals surface area contributed by atoms with Crippen LogP contribution in [0.5, 0.6) is 17.2 Å². The summed E-state index contributed by atoms with van der Waals surface area (Å²) in [6.07, 6.45) is -12.9. The Balaban J connectivity index is 1.25. The van der Waals surface area contributed by atoms with Crippen molar-refractivity contribution in [2.45, 2.75) is 122 Å². The molecule has 0 N–H and O–H groups in total. The van der Waals surface area contributed by atoms with Crippen LogP contribution in [0.1, 0.15) is 76.7 Å². The van der Waals surface area contributed by atoms with Crippen molar-refractivity contribution in [2.75, 3.05) is 40.5 Å². The molecule has 10 unspecified atom stereocenters. The molecule has 23 nitrogen and oxygen atoms in total. The van der Waals surface area contributed by atoms with Crippen LogP contribution in [0.15, 0.2) is 66.7 Å². The van der Waals surface area contributed by atoms with E-state index in [4.69, 9.17) is 61.6 Å². The second-order valence-corrected chi connectivity index (χ2v) is 19.2. The number of likely N-dealkylation sites (tertiary alicyclic amines) is 1. The molecule has 0 saturated carbocycles. The van der Waals surface area contributed by atoms with E-state index >= 15 is 0 Å². The molecule has 1 aromatic heterocycles. The van der Waals surface area contributed by atoms with E-state index < -0.39 is 109 Å². The van der Waals surface area contributed by atoms with Gasteiger partial charge in [0.25, 0.3) is 0 Å². The van der Waals surface area contributed by atoms with Crippen LogP contribution in [0.2, 0.25) is 0 Å². The van der Waals surface area contributed by atoms with Crippen LogP contribution in [0.25, 0.3) is 20.5 Å². The van der Waals surface area contributed by atoms with Gasteiger partial charge in [-0.15, -0.1) is 11.3 Å². The normalized spacial score (nSPS) is 24.1. The molecule has 7 rings (SSSR count). The number of hydrogen-bond acceptors (Lipinski definition) is 24. The molecule has 418 valence electrons. The Hall–Kier alpha value is -7.67. The summed E-state index contributed by atoms with van der Waals surface area (Å²) in [5.41, 5.74) is 1.10. The smallest absolute Gasteiger partial charge is 0.339 e. The van der Waals surface area contributed by atoms with E-state index in [-0.39, 0.29) is 22.8 Å². The van der Waals surface area contributed by atoms with Crippen LogP contribution in [0.4, 0.5) is 0 Å². The summed E-state index contributed by atoms with van der Waals surface area (Å²) < 4.78 is 73.5. The van der Waals surface area contributed by atoms with E-state index in [9.17, 15) is 43.2 Å². The summed E-state index contributed by atoms with van der Waals surface area (Å²) >= 11 is 1.18. The molecule has 24 heteroatoms. The number of ketones is 1. The van der Waals surface area contributed by atoms with Gasteiger partial charge in [-0.25, -0.2) is 9.59 Å². The molecule has 10 atom stereocenters. The summed E-state index contributed by atoms with van der Waals surface area (Å²) in [7, 11) is 2.12. The molecule has 3 aromatic carbocycles. The van der Waals surface area contributed by atoms with E-state index in [1.54, 1.807) is 48.5 Å². The van der Waals surface area contributed by atoms with Crippen molar-refractivity contribution in [3.05, 3.63) is 77.9 Å². The summed E-state index contributed by atoms with van der Waals surface area (Å²) in [4.78, 5) is 118. The first-order valence-electron chi connectivity index (χ1n) is 24.7. The lowest BCUT2D eigenvalue weighted by molar-refractivity contribution is -0.282. The number of benzene rings is 3. The third-order valence-electron chi connectivity index (χ3n) is 12.4. The van der Waals surface area contributed by atoms with Crippen molar-refractivity contribution >= 4 is 75.0 Å². The Labute approximate surface area is 451 Å². The highest BCUT2D eigenvalue weighted by atomic mass is 32.1. The number of rotatable bonds is 19. The van der Waals surface area contributed by atoms with Crippen LogP contribution in [-0.2, 0) is 85.7 Å². The highest BCUT2D eigenvalue weighted by Gasteiger charge is 2.57. The average molecular weight is 1110 g/mol. The molecular weight excluding hydrogens is 1050 g/mol. The fourth-order valence-corrected chi connectivity index (χ4v) is 10.4. The second kappa shape index (κ2) is 26.1. The Bertz CT molecular complexity index is 2860. The van der Waals surface area contributed by atoms with Gasteiger partial charge in [-0.2, -0.15) is 0 Å². The highest BCUT2D eigenvalue weighted by Crippen LogP contribution is 2.43. The number of piperidine rings is 1. The largest absolute Gasteiger partial charge is 0.492 e. The number of carbonyl (C=O) groups is 9. The maximum absolute atomic E-state index is 14.9. The molecule has 3 saturated heterocycles. The summed E-state index contributed by atoms with van der Waals surface area (Å²) in [5, 5.41) is 0.475. The topological polar surface area (TPSA) is 277 Å². The zero-order chi connectivity index (χ0) is 56.4. The van der Waals surface area contributed by atoms with E-state index in [0.717, 1.165) is 88.2 Å².